The van der Waals surface area contributed by atoms with Crippen molar-refractivity contribution < 1.29 is 4.74 Å². The molecular formula is C2H4OS. The highest BCUT2D eigenvalue weighted by Gasteiger charge is 1.94. The molecule has 0 spiro atoms. The van der Waals surface area contributed by atoms with Crippen LogP contribution in [0.25, 0.3) is 0 Å². The molecule has 0 N–H and O–H groups in total. The van der Waals surface area contributed by atoms with Crippen molar-refractivity contribution in [3.8, 4) is 0 Å². The zero-order valence-electron chi connectivity index (χ0n) is 2.23. The van der Waals surface area contributed by atoms with E-state index in [1.54, 1.807) is 0 Å². The van der Waals surface area contributed by atoms with Gasteiger partial charge in [-0.3, -0.25) is 0 Å². The summed E-state index contributed by atoms with van der Waals surface area (Å²) >= 11 is 1.81. The Labute approximate surface area is 29.3 Å². The third-order valence-electron chi connectivity index (χ3n) is 0.333. The van der Waals surface area contributed by atoms with Gasteiger partial charge in [0.2, 0.25) is 0 Å². The normalized spacial score (nSPS) is 24.0. The first-order valence-electron chi connectivity index (χ1n) is 1.15. The van der Waals surface area contributed by atoms with E-state index in [0.717, 1.165) is 11.9 Å². The summed E-state index contributed by atoms with van der Waals surface area (Å²) in [4.78, 5) is 0. The highest BCUT2D eigenvalue weighted by molar-refractivity contribution is 8.00. The van der Waals surface area contributed by atoms with Crippen molar-refractivity contribution in [2.45, 2.75) is 0 Å². The molecule has 1 aliphatic rings. The van der Waals surface area contributed by atoms with E-state index in [1.165, 1.54) is 0 Å². The van der Waals surface area contributed by atoms with Crippen molar-refractivity contribution >= 4 is 11.8 Å². The van der Waals surface area contributed by atoms with E-state index < -0.39 is 0 Å². The zero-order valence-corrected chi connectivity index (χ0v) is 3.05. The van der Waals surface area contributed by atoms with Crippen molar-refractivity contribution in [2.24, 2.45) is 0 Å². The maximum atomic E-state index is 4.69. The molecule has 0 aliphatic carbocycles. The number of rotatable bonds is 0. The molecule has 0 bridgehead atoms. The lowest BCUT2D eigenvalue weighted by Gasteiger charge is -2.08. The van der Waals surface area contributed by atoms with Gasteiger partial charge in [-0.25, -0.2) is 0 Å². The minimum absolute atomic E-state index is 0.917. The first-order chi connectivity index (χ1) is 2.00. The maximum Gasteiger partial charge on any atom is 0.0954 e. The van der Waals surface area contributed by atoms with E-state index in [0.29, 0.717) is 0 Å². The van der Waals surface area contributed by atoms with Gasteiger partial charge in [0.25, 0.3) is 0 Å². The molecule has 1 rings (SSSR count). The van der Waals surface area contributed by atoms with Gasteiger partial charge < -0.3 is 4.74 Å². The van der Waals surface area contributed by atoms with Crippen LogP contribution in [0.4, 0.5) is 0 Å². The van der Waals surface area contributed by atoms with Crippen LogP contribution >= 0.6 is 11.8 Å². The lowest BCUT2D eigenvalue weighted by atomic mass is 11.5. The third-order valence-corrected chi connectivity index (χ3v) is 1.00. The highest BCUT2D eigenvalue weighted by Crippen LogP contribution is 2.10. The van der Waals surface area contributed by atoms with Crippen molar-refractivity contribution in [3.63, 3.8) is 0 Å². The SMILES string of the molecule is C1OCS1. The predicted octanol–water partition coefficient (Wildman–Crippen LogP) is 0.665. The second-order valence-corrected chi connectivity index (χ2v) is 1.52. The van der Waals surface area contributed by atoms with Crippen LogP contribution in [-0.2, 0) is 4.74 Å². The molecule has 0 aromatic rings. The van der Waals surface area contributed by atoms with Gasteiger partial charge >= 0.3 is 0 Å². The van der Waals surface area contributed by atoms with E-state index in [-0.39, 0.29) is 0 Å². The minimum atomic E-state index is 0.917. The number of hydrogen-bond acceptors (Lipinski definition) is 2. The molecule has 0 unspecified atom stereocenters. The van der Waals surface area contributed by atoms with Crippen molar-refractivity contribution in [1.29, 1.82) is 0 Å². The minimum Gasteiger partial charge on any atom is -0.360 e. The van der Waals surface area contributed by atoms with Crippen LogP contribution in [0.1, 0.15) is 0 Å². The van der Waals surface area contributed by atoms with Gasteiger partial charge in [-0.05, 0) is 0 Å². The monoisotopic (exact) mass is 76.0 g/mol. The molecule has 0 amide bonds. The van der Waals surface area contributed by atoms with Crippen LogP contribution in [-0.4, -0.2) is 11.9 Å². The Bertz CT molecular complexity index is 14.0. The van der Waals surface area contributed by atoms with Gasteiger partial charge in [-0.15, -0.1) is 11.8 Å². The van der Waals surface area contributed by atoms with E-state index in [1.807, 2.05) is 11.8 Å². The Balaban J connectivity index is 2.00. The van der Waals surface area contributed by atoms with Crippen LogP contribution in [0, 0.1) is 0 Å². The van der Waals surface area contributed by atoms with Crippen LogP contribution < -0.4 is 0 Å². The van der Waals surface area contributed by atoms with Crippen LogP contribution in [0.3, 0.4) is 0 Å². The molecule has 1 nitrogen and oxygen atoms in total. The molecule has 0 aromatic heterocycles. The van der Waals surface area contributed by atoms with E-state index in [2.05, 4.69) is 4.74 Å². The Morgan fingerprint density at radius 2 is 1.75 bits per heavy atom. The molecule has 0 aromatic carbocycles. The lowest BCUT2D eigenvalue weighted by Crippen LogP contribution is -2.00. The topological polar surface area (TPSA) is 9.23 Å². The van der Waals surface area contributed by atoms with Gasteiger partial charge in [0, 0.05) is 0 Å². The fourth-order valence-electron chi connectivity index (χ4n) is 0.0833. The summed E-state index contributed by atoms with van der Waals surface area (Å²) in [6.07, 6.45) is 0. The molecular weight excluding hydrogens is 72.1 g/mol. The second kappa shape index (κ2) is 0.951. The van der Waals surface area contributed by atoms with Crippen LogP contribution in [0.15, 0.2) is 0 Å². The van der Waals surface area contributed by atoms with Gasteiger partial charge in [0.15, 0.2) is 0 Å². The average molecular weight is 76.1 g/mol. The summed E-state index contributed by atoms with van der Waals surface area (Å²) in [5.74, 6) is 1.83. The highest BCUT2D eigenvalue weighted by atomic mass is 32.2. The third kappa shape index (κ3) is 0.213. The smallest absolute Gasteiger partial charge is 0.0954 e. The molecule has 4 heavy (non-hydrogen) atoms. The van der Waals surface area contributed by atoms with Crippen LogP contribution in [0.5, 0.6) is 0 Å². The number of hydrogen-bond donors (Lipinski definition) is 0. The van der Waals surface area contributed by atoms with Gasteiger partial charge in [-0.2, -0.15) is 0 Å². The van der Waals surface area contributed by atoms with Crippen molar-refractivity contribution in [2.75, 3.05) is 11.9 Å². The van der Waals surface area contributed by atoms with Crippen molar-refractivity contribution in [1.82, 2.24) is 0 Å². The molecule has 1 aliphatic heterocycles. The van der Waals surface area contributed by atoms with E-state index >= 15 is 0 Å². The number of thioether (sulfide) groups is 1. The zero-order chi connectivity index (χ0) is 2.83. The fraction of sp³-hybridized carbons (Fsp3) is 1.00. The summed E-state index contributed by atoms with van der Waals surface area (Å²) in [5.41, 5.74) is 0. The average Bonchev–Trinajstić information content (AvgIpc) is 0.722. The lowest BCUT2D eigenvalue weighted by molar-refractivity contribution is 0.207. The van der Waals surface area contributed by atoms with Gasteiger partial charge in [0.05, 0.1) is 11.9 Å². The summed E-state index contributed by atoms with van der Waals surface area (Å²) in [7, 11) is 0. The predicted molar refractivity (Wildman–Crippen MR) is 18.4 cm³/mol. The standard InChI is InChI=1S/C2H4OS/c1-3-2-4-1/h1-2H2. The fourth-order valence-corrected chi connectivity index (χ4v) is 0.250. The molecule has 1 heterocycles. The molecule has 1 fully saturated rings. The summed E-state index contributed by atoms with van der Waals surface area (Å²) in [6.45, 7) is 0. The molecule has 2 heteroatoms. The van der Waals surface area contributed by atoms with Gasteiger partial charge in [-0.1, -0.05) is 0 Å². The van der Waals surface area contributed by atoms with Crippen LogP contribution in [0.2, 0.25) is 0 Å². The quantitative estimate of drug-likeness (QED) is 0.419. The molecule has 0 radical (unpaired) electrons. The van der Waals surface area contributed by atoms with E-state index in [4.69, 9.17) is 0 Å². The Morgan fingerprint density at radius 1 is 1.50 bits per heavy atom. The largest absolute Gasteiger partial charge is 0.360 e. The summed E-state index contributed by atoms with van der Waals surface area (Å²) in [6, 6.07) is 0. The maximum absolute atomic E-state index is 4.69. The molecule has 0 saturated carbocycles. The summed E-state index contributed by atoms with van der Waals surface area (Å²) < 4.78 is 4.69. The van der Waals surface area contributed by atoms with E-state index in [9.17, 15) is 0 Å². The molecule has 24 valence electrons. The Kier molecular flexibility index (Phi) is 0.604. The summed E-state index contributed by atoms with van der Waals surface area (Å²) in [5, 5.41) is 0. The number of ether oxygens (including phenoxy) is 1. The molecule has 1 saturated heterocycles. The molecule has 0 atom stereocenters. The first-order valence-corrected chi connectivity index (χ1v) is 2.31. The first kappa shape index (κ1) is 2.54. The van der Waals surface area contributed by atoms with Crippen molar-refractivity contribution in [3.05, 3.63) is 0 Å². The van der Waals surface area contributed by atoms with Gasteiger partial charge in [0.1, 0.15) is 0 Å². The second-order valence-electron chi connectivity index (χ2n) is 0.644. The Morgan fingerprint density at radius 3 is 1.75 bits per heavy atom. The Hall–Kier alpha value is 0.310.